The van der Waals surface area contributed by atoms with Gasteiger partial charge in [0.2, 0.25) is 0 Å². The number of carbonyl (C=O) groups is 2. The number of halogens is 1. The molecule has 0 fully saturated rings. The lowest BCUT2D eigenvalue weighted by molar-refractivity contribution is 0.0959. The van der Waals surface area contributed by atoms with Crippen molar-refractivity contribution in [2.75, 3.05) is 16.2 Å². The summed E-state index contributed by atoms with van der Waals surface area (Å²) >= 11 is 6.24. The molecule has 9 heteroatoms. The molecule has 0 saturated heterocycles. The fourth-order valence-electron chi connectivity index (χ4n) is 4.04. The highest BCUT2D eigenvalue weighted by atomic mass is 35.5. The number of nitrogens with zero attached hydrogens (tertiary/aromatic N) is 1. The molecule has 0 unspecified atom stereocenters. The maximum absolute atomic E-state index is 13.7. The Labute approximate surface area is 239 Å². The summed E-state index contributed by atoms with van der Waals surface area (Å²) in [6.45, 7) is 5.73. The topological polar surface area (TPSA) is 95.6 Å². The molecule has 4 aromatic rings. The predicted molar refractivity (Wildman–Crippen MR) is 159 cm³/mol. The van der Waals surface area contributed by atoms with Gasteiger partial charge in [-0.05, 0) is 66.6 Å². The molecule has 0 saturated carbocycles. The number of sulfonamides is 1. The average molecular weight is 574 g/mol. The summed E-state index contributed by atoms with van der Waals surface area (Å²) in [6.07, 6.45) is 1.57. The Morgan fingerprint density at radius 3 is 2.27 bits per heavy atom. The number of amides is 2. The molecule has 2 N–H and O–H groups in total. The van der Waals surface area contributed by atoms with Crippen molar-refractivity contribution in [3.05, 3.63) is 137 Å². The highest BCUT2D eigenvalue weighted by molar-refractivity contribution is 7.92. The Balaban J connectivity index is 1.59. The zero-order valence-electron chi connectivity index (χ0n) is 21.8. The summed E-state index contributed by atoms with van der Waals surface area (Å²) in [5.74, 6) is -0.739. The third-order valence-electron chi connectivity index (χ3n) is 6.14. The van der Waals surface area contributed by atoms with Gasteiger partial charge in [0.1, 0.15) is 0 Å². The Morgan fingerprint density at radius 2 is 1.57 bits per heavy atom. The second-order valence-electron chi connectivity index (χ2n) is 8.95. The molecule has 0 spiro atoms. The largest absolute Gasteiger partial charge is 0.349 e. The van der Waals surface area contributed by atoms with Crippen molar-refractivity contribution in [2.45, 2.75) is 18.4 Å². The smallest absolute Gasteiger partial charge is 0.264 e. The Hall–Kier alpha value is -4.40. The van der Waals surface area contributed by atoms with Crippen molar-refractivity contribution in [2.24, 2.45) is 0 Å². The normalized spacial score (nSPS) is 10.9. The first-order valence-electron chi connectivity index (χ1n) is 12.4. The molecule has 4 rings (SSSR count). The predicted octanol–water partition coefficient (Wildman–Crippen LogP) is 6.21. The van der Waals surface area contributed by atoms with E-state index in [0.717, 1.165) is 5.56 Å². The first-order chi connectivity index (χ1) is 19.2. The first-order valence-corrected chi connectivity index (χ1v) is 14.2. The lowest BCUT2D eigenvalue weighted by Crippen LogP contribution is -2.31. The van der Waals surface area contributed by atoms with Crippen molar-refractivity contribution in [1.82, 2.24) is 5.32 Å². The van der Waals surface area contributed by atoms with E-state index in [1.807, 2.05) is 6.92 Å². The third kappa shape index (κ3) is 6.59. The van der Waals surface area contributed by atoms with Crippen LogP contribution in [0.4, 0.5) is 11.4 Å². The molecule has 204 valence electrons. The standard InChI is InChI=1S/C31H28ClN3O4S/c1-3-19-33-31(37)27-11-7-8-12-28(27)34-30(36)24-16-14-23(15-17-24)21-35(29-20-25(32)18-13-22(29)2)40(38,39)26-9-5-4-6-10-26/h3-18,20H,1,19,21H2,2H3,(H,33,37)(H,34,36). The van der Waals surface area contributed by atoms with E-state index in [0.29, 0.717) is 39.6 Å². The molecule has 0 aliphatic heterocycles. The van der Waals surface area contributed by atoms with Crippen molar-refractivity contribution in [1.29, 1.82) is 0 Å². The van der Waals surface area contributed by atoms with E-state index in [1.165, 1.54) is 4.31 Å². The van der Waals surface area contributed by atoms with E-state index in [9.17, 15) is 18.0 Å². The number of hydrogen-bond donors (Lipinski definition) is 2. The van der Waals surface area contributed by atoms with Crippen LogP contribution in [0.25, 0.3) is 0 Å². The summed E-state index contributed by atoms with van der Waals surface area (Å²) in [4.78, 5) is 25.6. The number of aryl methyl sites for hydroxylation is 1. The second-order valence-corrected chi connectivity index (χ2v) is 11.2. The van der Waals surface area contributed by atoms with Crippen LogP contribution in [-0.4, -0.2) is 26.8 Å². The van der Waals surface area contributed by atoms with Gasteiger partial charge in [-0.15, -0.1) is 6.58 Å². The van der Waals surface area contributed by atoms with Gasteiger partial charge in [-0.1, -0.05) is 66.2 Å². The average Bonchev–Trinajstić information content (AvgIpc) is 2.97. The number of carbonyl (C=O) groups excluding carboxylic acids is 2. The quantitative estimate of drug-likeness (QED) is 0.220. The van der Waals surface area contributed by atoms with E-state index < -0.39 is 15.9 Å². The van der Waals surface area contributed by atoms with Crippen LogP contribution in [0.3, 0.4) is 0 Å². The van der Waals surface area contributed by atoms with Crippen LogP contribution in [0.15, 0.2) is 115 Å². The van der Waals surface area contributed by atoms with Gasteiger partial charge in [0.15, 0.2) is 0 Å². The third-order valence-corrected chi connectivity index (χ3v) is 8.15. The molecule has 0 heterocycles. The monoisotopic (exact) mass is 573 g/mol. The molecule has 0 bridgehead atoms. The van der Waals surface area contributed by atoms with Gasteiger partial charge in [-0.2, -0.15) is 0 Å². The summed E-state index contributed by atoms with van der Waals surface area (Å²) in [5.41, 5.74) is 2.92. The Kier molecular flexibility index (Phi) is 9.04. The van der Waals surface area contributed by atoms with Crippen molar-refractivity contribution in [3.8, 4) is 0 Å². The van der Waals surface area contributed by atoms with Gasteiger partial charge in [0.05, 0.1) is 28.4 Å². The van der Waals surface area contributed by atoms with Crippen LogP contribution in [0.2, 0.25) is 5.02 Å². The van der Waals surface area contributed by atoms with Gasteiger partial charge >= 0.3 is 0 Å². The van der Waals surface area contributed by atoms with E-state index in [2.05, 4.69) is 17.2 Å². The summed E-state index contributed by atoms with van der Waals surface area (Å²) in [6, 6.07) is 26.6. The number of hydrogen-bond acceptors (Lipinski definition) is 4. The highest BCUT2D eigenvalue weighted by Crippen LogP contribution is 2.31. The number of para-hydroxylation sites is 1. The zero-order chi connectivity index (χ0) is 28.7. The van der Waals surface area contributed by atoms with Crippen LogP contribution in [0, 0.1) is 6.92 Å². The van der Waals surface area contributed by atoms with E-state index in [-0.39, 0.29) is 17.3 Å². The first kappa shape index (κ1) is 28.6. The Morgan fingerprint density at radius 1 is 0.900 bits per heavy atom. The van der Waals surface area contributed by atoms with Gasteiger partial charge in [-0.25, -0.2) is 8.42 Å². The molecule has 0 radical (unpaired) electrons. The number of anilines is 2. The molecule has 0 aromatic heterocycles. The second kappa shape index (κ2) is 12.6. The molecular weight excluding hydrogens is 546 g/mol. The lowest BCUT2D eigenvalue weighted by Gasteiger charge is -2.26. The number of rotatable bonds is 10. The van der Waals surface area contributed by atoms with Gasteiger partial charge < -0.3 is 10.6 Å². The maximum Gasteiger partial charge on any atom is 0.264 e. The minimum Gasteiger partial charge on any atom is -0.349 e. The summed E-state index contributed by atoms with van der Waals surface area (Å²) in [7, 11) is -3.93. The molecule has 40 heavy (non-hydrogen) atoms. The minimum atomic E-state index is -3.93. The van der Waals surface area contributed by atoms with Crippen LogP contribution in [0.5, 0.6) is 0 Å². The SMILES string of the molecule is C=CCNC(=O)c1ccccc1NC(=O)c1ccc(CN(c2cc(Cl)ccc2C)S(=O)(=O)c2ccccc2)cc1. The number of nitrogens with one attached hydrogen (secondary N) is 2. The summed E-state index contributed by atoms with van der Waals surface area (Å²) < 4.78 is 28.7. The van der Waals surface area contributed by atoms with Crippen LogP contribution < -0.4 is 14.9 Å². The van der Waals surface area contributed by atoms with Crippen molar-refractivity contribution < 1.29 is 18.0 Å². The molecule has 0 aliphatic rings. The van der Waals surface area contributed by atoms with Gasteiger partial charge in [0.25, 0.3) is 21.8 Å². The fraction of sp³-hybridized carbons (Fsp3) is 0.0968. The summed E-state index contributed by atoms with van der Waals surface area (Å²) in [5, 5.41) is 5.90. The molecule has 4 aromatic carbocycles. The van der Waals surface area contributed by atoms with E-state index >= 15 is 0 Å². The zero-order valence-corrected chi connectivity index (χ0v) is 23.4. The lowest BCUT2D eigenvalue weighted by atomic mass is 10.1. The van der Waals surface area contributed by atoms with E-state index in [4.69, 9.17) is 11.6 Å². The molecular formula is C31H28ClN3O4S. The number of benzene rings is 4. The minimum absolute atomic E-state index is 0.0205. The van der Waals surface area contributed by atoms with Gasteiger partial charge in [0, 0.05) is 17.1 Å². The van der Waals surface area contributed by atoms with Gasteiger partial charge in [-0.3, -0.25) is 13.9 Å². The highest BCUT2D eigenvalue weighted by Gasteiger charge is 2.26. The Bertz CT molecular complexity index is 1640. The van der Waals surface area contributed by atoms with Crippen LogP contribution >= 0.6 is 11.6 Å². The van der Waals surface area contributed by atoms with Crippen molar-refractivity contribution in [3.63, 3.8) is 0 Å². The van der Waals surface area contributed by atoms with Crippen LogP contribution in [0.1, 0.15) is 31.8 Å². The van der Waals surface area contributed by atoms with Crippen LogP contribution in [-0.2, 0) is 16.6 Å². The fourth-order valence-corrected chi connectivity index (χ4v) is 5.74. The molecule has 2 amide bonds. The van der Waals surface area contributed by atoms with Crippen molar-refractivity contribution >= 4 is 44.8 Å². The molecule has 0 atom stereocenters. The maximum atomic E-state index is 13.7. The molecule has 0 aliphatic carbocycles. The van der Waals surface area contributed by atoms with E-state index in [1.54, 1.807) is 103 Å². The molecule has 7 nitrogen and oxygen atoms in total.